The maximum atomic E-state index is 10.6. The maximum absolute atomic E-state index is 10.6. The van der Waals surface area contributed by atoms with Crippen LogP contribution in [0.25, 0.3) is 11.1 Å². The van der Waals surface area contributed by atoms with Crippen LogP contribution >= 0.6 is 11.6 Å². The first-order valence-electron chi connectivity index (χ1n) is 8.88. The van der Waals surface area contributed by atoms with Crippen LogP contribution in [0.3, 0.4) is 0 Å². The van der Waals surface area contributed by atoms with E-state index in [1.165, 1.54) is 16.7 Å². The Kier molecular flexibility index (Phi) is 6.10. The molecule has 3 aromatic carbocycles. The summed E-state index contributed by atoms with van der Waals surface area (Å²) < 4.78 is 0. The average Bonchev–Trinajstić information content (AvgIpc) is 2.68. The molecule has 3 aromatic rings. The molecule has 0 aromatic heterocycles. The molecule has 0 spiro atoms. The highest BCUT2D eigenvalue weighted by atomic mass is 35.5. The van der Waals surface area contributed by atoms with Crippen molar-refractivity contribution >= 4 is 11.6 Å². The predicted molar refractivity (Wildman–Crippen MR) is 109 cm³/mol. The minimum absolute atomic E-state index is 0.131. The molecular formula is C23H24ClNO. The normalized spacial score (nSPS) is 14.6. The molecule has 0 amide bonds. The van der Waals surface area contributed by atoms with E-state index in [-0.39, 0.29) is 12.0 Å². The van der Waals surface area contributed by atoms with Crippen LogP contribution in [0.2, 0.25) is 5.02 Å². The monoisotopic (exact) mass is 365 g/mol. The Morgan fingerprint density at radius 3 is 2.19 bits per heavy atom. The largest absolute Gasteiger partial charge is 0.387 e. The topological polar surface area (TPSA) is 46.2 Å². The lowest BCUT2D eigenvalue weighted by Crippen LogP contribution is -2.36. The standard InChI is InChI=1S/C23H24ClNO/c1-16(22(25)23(26)20-8-5-9-21(24)15-20)14-17-10-12-19(13-11-17)18-6-3-2-4-7-18/h2-13,15-16,22-23,26H,14,25H2,1H3/t16?,22-,23-/m1/s1. The zero-order valence-electron chi connectivity index (χ0n) is 14.8. The molecule has 26 heavy (non-hydrogen) atoms. The van der Waals surface area contributed by atoms with Crippen LogP contribution in [0.15, 0.2) is 78.9 Å². The molecule has 0 saturated carbocycles. The van der Waals surface area contributed by atoms with Crippen molar-refractivity contribution in [1.29, 1.82) is 0 Å². The number of aliphatic hydroxyl groups is 1. The molecule has 2 nitrogen and oxygen atoms in total. The molecule has 0 heterocycles. The van der Waals surface area contributed by atoms with Gasteiger partial charge in [-0.1, -0.05) is 85.3 Å². The molecule has 134 valence electrons. The first-order valence-corrected chi connectivity index (χ1v) is 9.26. The Morgan fingerprint density at radius 1 is 0.885 bits per heavy atom. The second-order valence-electron chi connectivity index (χ2n) is 6.82. The summed E-state index contributed by atoms with van der Waals surface area (Å²) in [6.07, 6.45) is 0.0840. The number of nitrogens with two attached hydrogens (primary N) is 1. The highest BCUT2D eigenvalue weighted by molar-refractivity contribution is 6.30. The highest BCUT2D eigenvalue weighted by Crippen LogP contribution is 2.26. The van der Waals surface area contributed by atoms with E-state index in [9.17, 15) is 5.11 Å². The molecule has 1 unspecified atom stereocenters. The van der Waals surface area contributed by atoms with Crippen molar-refractivity contribution < 1.29 is 5.11 Å². The summed E-state index contributed by atoms with van der Waals surface area (Å²) in [7, 11) is 0. The van der Waals surface area contributed by atoms with Crippen molar-refractivity contribution in [2.24, 2.45) is 11.7 Å². The number of aliphatic hydroxyl groups excluding tert-OH is 1. The highest BCUT2D eigenvalue weighted by Gasteiger charge is 2.23. The lowest BCUT2D eigenvalue weighted by atomic mass is 9.88. The van der Waals surface area contributed by atoms with Gasteiger partial charge < -0.3 is 10.8 Å². The summed E-state index contributed by atoms with van der Waals surface area (Å²) >= 11 is 6.02. The fourth-order valence-corrected chi connectivity index (χ4v) is 3.39. The Bertz CT molecular complexity index is 832. The van der Waals surface area contributed by atoms with Gasteiger partial charge in [-0.3, -0.25) is 0 Å². The first-order chi connectivity index (χ1) is 12.5. The van der Waals surface area contributed by atoms with E-state index in [1.54, 1.807) is 12.1 Å². The van der Waals surface area contributed by atoms with E-state index in [2.05, 4.69) is 43.3 Å². The van der Waals surface area contributed by atoms with Gasteiger partial charge in [-0.15, -0.1) is 0 Å². The van der Waals surface area contributed by atoms with Gasteiger partial charge in [0.15, 0.2) is 0 Å². The Balaban J connectivity index is 1.66. The number of hydrogen-bond donors (Lipinski definition) is 2. The van der Waals surface area contributed by atoms with Gasteiger partial charge in [-0.25, -0.2) is 0 Å². The molecule has 3 N–H and O–H groups in total. The van der Waals surface area contributed by atoms with E-state index in [4.69, 9.17) is 17.3 Å². The third-order valence-electron chi connectivity index (χ3n) is 4.83. The fourth-order valence-electron chi connectivity index (χ4n) is 3.20. The smallest absolute Gasteiger partial charge is 0.0944 e. The number of benzene rings is 3. The van der Waals surface area contributed by atoms with E-state index in [0.717, 1.165) is 12.0 Å². The number of rotatable bonds is 6. The minimum atomic E-state index is -0.729. The van der Waals surface area contributed by atoms with Gasteiger partial charge in [0, 0.05) is 11.1 Å². The Labute approximate surface area is 160 Å². The van der Waals surface area contributed by atoms with Crippen LogP contribution in [0, 0.1) is 5.92 Å². The van der Waals surface area contributed by atoms with E-state index in [1.807, 2.05) is 30.3 Å². The molecule has 3 rings (SSSR count). The third-order valence-corrected chi connectivity index (χ3v) is 5.07. The zero-order valence-corrected chi connectivity index (χ0v) is 15.6. The summed E-state index contributed by atoms with van der Waals surface area (Å²) in [6.45, 7) is 2.07. The van der Waals surface area contributed by atoms with Gasteiger partial charge in [0.25, 0.3) is 0 Å². The average molecular weight is 366 g/mol. The quantitative estimate of drug-likeness (QED) is 0.627. The molecule has 0 bridgehead atoms. The van der Waals surface area contributed by atoms with Crippen LogP contribution < -0.4 is 5.73 Å². The number of hydrogen-bond acceptors (Lipinski definition) is 2. The second kappa shape index (κ2) is 8.50. The summed E-state index contributed by atoms with van der Waals surface area (Å²) in [6, 6.07) is 25.8. The van der Waals surface area contributed by atoms with Crippen molar-refractivity contribution in [3.05, 3.63) is 95.0 Å². The molecule has 0 fully saturated rings. The van der Waals surface area contributed by atoms with Crippen LogP contribution in [0.4, 0.5) is 0 Å². The summed E-state index contributed by atoms with van der Waals surface area (Å²) in [4.78, 5) is 0. The van der Waals surface area contributed by atoms with Crippen LogP contribution in [-0.4, -0.2) is 11.1 Å². The minimum Gasteiger partial charge on any atom is -0.387 e. The zero-order chi connectivity index (χ0) is 18.5. The van der Waals surface area contributed by atoms with Gasteiger partial charge in [-0.05, 0) is 46.7 Å². The molecule has 0 saturated heterocycles. The fraction of sp³-hybridized carbons (Fsp3) is 0.217. The molecule has 3 heteroatoms. The predicted octanol–water partition coefficient (Wildman–Crippen LogP) is 5.25. The van der Waals surface area contributed by atoms with E-state index < -0.39 is 6.10 Å². The molecule has 0 radical (unpaired) electrons. The van der Waals surface area contributed by atoms with Gasteiger partial charge in [0.05, 0.1) is 6.10 Å². The van der Waals surface area contributed by atoms with Crippen LogP contribution in [-0.2, 0) is 6.42 Å². The van der Waals surface area contributed by atoms with E-state index in [0.29, 0.717) is 5.02 Å². The van der Waals surface area contributed by atoms with Crippen molar-refractivity contribution in [2.45, 2.75) is 25.5 Å². The van der Waals surface area contributed by atoms with Gasteiger partial charge in [-0.2, -0.15) is 0 Å². The summed E-state index contributed by atoms with van der Waals surface area (Å²) in [5.74, 6) is 0.131. The van der Waals surface area contributed by atoms with Gasteiger partial charge in [0.2, 0.25) is 0 Å². The van der Waals surface area contributed by atoms with Crippen molar-refractivity contribution in [3.63, 3.8) is 0 Å². The van der Waals surface area contributed by atoms with Crippen molar-refractivity contribution in [1.82, 2.24) is 0 Å². The Morgan fingerprint density at radius 2 is 1.54 bits per heavy atom. The van der Waals surface area contributed by atoms with Gasteiger partial charge in [0.1, 0.15) is 0 Å². The first kappa shape index (κ1) is 18.7. The van der Waals surface area contributed by atoms with Gasteiger partial charge >= 0.3 is 0 Å². The summed E-state index contributed by atoms with van der Waals surface area (Å²) in [5, 5.41) is 11.2. The van der Waals surface area contributed by atoms with Crippen LogP contribution in [0.1, 0.15) is 24.2 Å². The summed E-state index contributed by atoms with van der Waals surface area (Å²) in [5.41, 5.74) is 10.7. The maximum Gasteiger partial charge on any atom is 0.0944 e. The lowest BCUT2D eigenvalue weighted by molar-refractivity contribution is 0.121. The molecule has 0 aliphatic carbocycles. The van der Waals surface area contributed by atoms with Crippen molar-refractivity contribution in [3.8, 4) is 11.1 Å². The van der Waals surface area contributed by atoms with Crippen LogP contribution in [0.5, 0.6) is 0 Å². The number of halogens is 1. The van der Waals surface area contributed by atoms with Crippen molar-refractivity contribution in [2.75, 3.05) is 0 Å². The molecule has 0 aliphatic heterocycles. The SMILES string of the molecule is CC(Cc1ccc(-c2ccccc2)cc1)[C@@H](N)[C@H](O)c1cccc(Cl)c1. The second-order valence-corrected chi connectivity index (χ2v) is 7.26. The molecule has 3 atom stereocenters. The molecular weight excluding hydrogens is 342 g/mol. The third kappa shape index (κ3) is 4.53. The molecule has 0 aliphatic rings. The lowest BCUT2D eigenvalue weighted by Gasteiger charge is -2.25. The Hall–Kier alpha value is -2.13. The van der Waals surface area contributed by atoms with E-state index >= 15 is 0 Å².